The Morgan fingerprint density at radius 2 is 1.97 bits per heavy atom. The zero-order chi connectivity index (χ0) is 26.6. The van der Waals surface area contributed by atoms with Gasteiger partial charge in [-0.05, 0) is 56.4 Å². The highest BCUT2D eigenvalue weighted by Gasteiger charge is 2.36. The van der Waals surface area contributed by atoms with E-state index in [1.54, 1.807) is 17.7 Å². The highest BCUT2D eigenvalue weighted by Crippen LogP contribution is 2.41. The molecule has 0 aliphatic heterocycles. The van der Waals surface area contributed by atoms with Crippen molar-refractivity contribution in [2.75, 3.05) is 11.9 Å². The maximum absolute atomic E-state index is 13.4. The number of nitrogens with zero attached hydrogens (tertiary/aromatic N) is 5. The number of aromatic nitrogens is 5. The maximum atomic E-state index is 13.4. The number of Topliss-reactive ketones (excluding diaryl/α,β-unsaturated/α-hetero) is 1. The summed E-state index contributed by atoms with van der Waals surface area (Å²) in [6.07, 6.45) is 3.42. The van der Waals surface area contributed by atoms with Crippen molar-refractivity contribution in [2.45, 2.75) is 63.6 Å². The molecular weight excluding hydrogens is 519 g/mol. The van der Waals surface area contributed by atoms with Gasteiger partial charge in [0.05, 0.1) is 5.56 Å². The van der Waals surface area contributed by atoms with E-state index in [-0.39, 0.29) is 29.5 Å². The molecule has 0 saturated heterocycles. The SMILES string of the molecule is Cn1nc(C(F)(F)F)cc1Nc1nncn1[C@@H]1CCc2sc(CC(=O)C3CC3)c(C(=O)NCC3CC3)c2C1. The molecule has 0 bridgehead atoms. The first kappa shape index (κ1) is 25.1. The predicted octanol–water partition coefficient (Wildman–Crippen LogP) is 4.23. The van der Waals surface area contributed by atoms with Gasteiger partial charge in [-0.25, -0.2) is 0 Å². The molecule has 0 unspecified atom stereocenters. The van der Waals surface area contributed by atoms with Crippen LogP contribution in [0.1, 0.15) is 69.5 Å². The lowest BCUT2D eigenvalue weighted by molar-refractivity contribution is -0.141. The summed E-state index contributed by atoms with van der Waals surface area (Å²) in [7, 11) is 1.42. The van der Waals surface area contributed by atoms with Crippen LogP contribution in [0.3, 0.4) is 0 Å². The second kappa shape index (κ2) is 9.51. The molecule has 0 radical (unpaired) electrons. The van der Waals surface area contributed by atoms with Gasteiger partial charge in [-0.3, -0.25) is 18.8 Å². The van der Waals surface area contributed by atoms with E-state index in [1.807, 2.05) is 4.57 Å². The van der Waals surface area contributed by atoms with Gasteiger partial charge < -0.3 is 10.6 Å². The van der Waals surface area contributed by atoms with Crippen LogP contribution >= 0.6 is 11.3 Å². The van der Waals surface area contributed by atoms with Crippen molar-refractivity contribution in [2.24, 2.45) is 18.9 Å². The highest BCUT2D eigenvalue weighted by atomic mass is 32.1. The topological polar surface area (TPSA) is 107 Å². The number of fused-ring (bicyclic) bond motifs is 1. The number of rotatable bonds is 9. The number of carbonyl (C=O) groups is 2. The summed E-state index contributed by atoms with van der Waals surface area (Å²) in [5.41, 5.74) is 0.593. The normalized spacial score (nSPS) is 19.3. The van der Waals surface area contributed by atoms with Crippen LogP contribution in [0, 0.1) is 11.8 Å². The third kappa shape index (κ3) is 5.07. The van der Waals surface area contributed by atoms with Crippen LogP contribution in [0.2, 0.25) is 0 Å². The van der Waals surface area contributed by atoms with Crippen molar-refractivity contribution in [3.8, 4) is 0 Å². The molecule has 38 heavy (non-hydrogen) atoms. The monoisotopic (exact) mass is 547 g/mol. The number of halogens is 3. The van der Waals surface area contributed by atoms with Gasteiger partial charge >= 0.3 is 6.18 Å². The maximum Gasteiger partial charge on any atom is 0.435 e. The minimum absolute atomic E-state index is 0.105. The zero-order valence-corrected chi connectivity index (χ0v) is 21.7. The number of hydrogen-bond donors (Lipinski definition) is 2. The smallest absolute Gasteiger partial charge is 0.352 e. The van der Waals surface area contributed by atoms with E-state index in [0.29, 0.717) is 36.8 Å². The molecule has 202 valence electrons. The summed E-state index contributed by atoms with van der Waals surface area (Å²) in [6.45, 7) is 0.646. The van der Waals surface area contributed by atoms with Gasteiger partial charge in [0.15, 0.2) is 5.69 Å². The minimum atomic E-state index is -4.56. The lowest BCUT2D eigenvalue weighted by atomic mass is 9.90. The third-order valence-electron chi connectivity index (χ3n) is 7.53. The molecule has 3 aliphatic rings. The lowest BCUT2D eigenvalue weighted by Gasteiger charge is -2.25. The van der Waals surface area contributed by atoms with Crippen LogP contribution in [-0.2, 0) is 37.3 Å². The summed E-state index contributed by atoms with van der Waals surface area (Å²) in [6, 6.07) is 0.828. The largest absolute Gasteiger partial charge is 0.435 e. The second-order valence-corrected chi connectivity index (χ2v) is 11.7. The molecule has 13 heteroatoms. The van der Waals surface area contributed by atoms with Crippen LogP contribution < -0.4 is 10.6 Å². The second-order valence-electron chi connectivity index (χ2n) is 10.5. The number of anilines is 2. The summed E-state index contributed by atoms with van der Waals surface area (Å²) >= 11 is 1.57. The molecule has 3 aromatic rings. The Hall–Kier alpha value is -3.22. The van der Waals surface area contributed by atoms with Crippen LogP contribution in [0.4, 0.5) is 24.9 Å². The van der Waals surface area contributed by atoms with Crippen LogP contribution in [0.15, 0.2) is 12.4 Å². The van der Waals surface area contributed by atoms with Crippen molar-refractivity contribution in [3.63, 3.8) is 0 Å². The van der Waals surface area contributed by atoms with Crippen LogP contribution in [0.5, 0.6) is 0 Å². The number of alkyl halides is 3. The standard InChI is InChI=1S/C25H28F3N7O2S/c1-34-21(10-20(33-34)25(26,27)28)31-24-32-30-12-35(24)15-6-7-18-16(8-15)22(23(37)29-11-13-2-3-13)19(38-18)9-17(36)14-4-5-14/h10,12-15H,2-9,11H2,1H3,(H,29,37)(H,31,32)/t15-/m1/s1. The zero-order valence-electron chi connectivity index (χ0n) is 20.8. The number of carbonyl (C=O) groups excluding carboxylic acids is 2. The van der Waals surface area contributed by atoms with Crippen molar-refractivity contribution in [3.05, 3.63) is 39.0 Å². The number of thiophene rings is 1. The average Bonchev–Trinajstić information content (AvgIpc) is 3.78. The van der Waals surface area contributed by atoms with Crippen LogP contribution in [-0.4, -0.2) is 42.8 Å². The van der Waals surface area contributed by atoms with E-state index in [2.05, 4.69) is 25.9 Å². The van der Waals surface area contributed by atoms with E-state index in [4.69, 9.17) is 0 Å². The predicted molar refractivity (Wildman–Crippen MR) is 133 cm³/mol. The number of aryl methyl sites for hydroxylation is 2. The fraction of sp³-hybridized carbons (Fsp3) is 0.560. The first-order valence-corrected chi connectivity index (χ1v) is 13.7. The first-order valence-electron chi connectivity index (χ1n) is 12.9. The van der Waals surface area contributed by atoms with Gasteiger partial charge in [-0.2, -0.15) is 18.3 Å². The summed E-state index contributed by atoms with van der Waals surface area (Å²) < 4.78 is 42.3. The average molecular weight is 548 g/mol. The van der Waals surface area contributed by atoms with E-state index in [0.717, 1.165) is 64.6 Å². The Morgan fingerprint density at radius 1 is 1.18 bits per heavy atom. The molecular formula is C25H28F3N7O2S. The van der Waals surface area contributed by atoms with Crippen molar-refractivity contribution in [1.29, 1.82) is 0 Å². The molecule has 2 fully saturated rings. The Bertz CT molecular complexity index is 1380. The fourth-order valence-electron chi connectivity index (χ4n) is 5.04. The number of ketones is 1. The minimum Gasteiger partial charge on any atom is -0.352 e. The molecule has 0 spiro atoms. The molecule has 6 rings (SSSR count). The molecule has 0 aromatic carbocycles. The summed E-state index contributed by atoms with van der Waals surface area (Å²) in [5.74, 6) is 1.18. The number of hydrogen-bond acceptors (Lipinski definition) is 7. The molecule has 2 N–H and O–H groups in total. The lowest BCUT2D eigenvalue weighted by Crippen LogP contribution is -2.28. The van der Waals surface area contributed by atoms with E-state index >= 15 is 0 Å². The summed E-state index contributed by atoms with van der Waals surface area (Å²) in [4.78, 5) is 28.0. The molecule has 1 atom stereocenters. The molecule has 9 nitrogen and oxygen atoms in total. The van der Waals surface area contributed by atoms with Crippen molar-refractivity contribution >= 4 is 34.8 Å². The Kier molecular flexibility index (Phi) is 6.28. The number of amides is 1. The van der Waals surface area contributed by atoms with Gasteiger partial charge in [-0.15, -0.1) is 21.5 Å². The Morgan fingerprint density at radius 3 is 2.66 bits per heavy atom. The van der Waals surface area contributed by atoms with Gasteiger partial charge in [-0.1, -0.05) is 0 Å². The van der Waals surface area contributed by atoms with Gasteiger partial charge in [0, 0.05) is 47.8 Å². The van der Waals surface area contributed by atoms with Crippen molar-refractivity contribution < 1.29 is 22.8 Å². The molecule has 2 saturated carbocycles. The van der Waals surface area contributed by atoms with Gasteiger partial charge in [0.1, 0.15) is 17.9 Å². The molecule has 3 heterocycles. The third-order valence-corrected chi connectivity index (χ3v) is 8.82. The summed E-state index contributed by atoms with van der Waals surface area (Å²) in [5, 5.41) is 17.6. The van der Waals surface area contributed by atoms with Gasteiger partial charge in [0.25, 0.3) is 5.91 Å². The molecule has 3 aromatic heterocycles. The fourth-order valence-corrected chi connectivity index (χ4v) is 6.40. The van der Waals surface area contributed by atoms with Gasteiger partial charge in [0.2, 0.25) is 5.95 Å². The van der Waals surface area contributed by atoms with Crippen LogP contribution in [0.25, 0.3) is 0 Å². The first-order chi connectivity index (χ1) is 18.2. The quantitative estimate of drug-likeness (QED) is 0.415. The van der Waals surface area contributed by atoms with E-state index in [9.17, 15) is 22.8 Å². The number of nitrogens with one attached hydrogen (secondary N) is 2. The Labute approximate surface area is 220 Å². The van der Waals surface area contributed by atoms with E-state index < -0.39 is 11.9 Å². The Balaban J connectivity index is 1.26. The van der Waals surface area contributed by atoms with Crippen molar-refractivity contribution in [1.82, 2.24) is 29.9 Å². The van der Waals surface area contributed by atoms with E-state index in [1.165, 1.54) is 7.05 Å². The molecule has 3 aliphatic carbocycles. The highest BCUT2D eigenvalue weighted by molar-refractivity contribution is 7.12. The molecule has 1 amide bonds.